The molecule has 1 fully saturated rings. The number of amides is 3. The monoisotopic (exact) mass is 414 g/mol. The molecule has 5 heteroatoms. The Morgan fingerprint density at radius 3 is 1.90 bits per heavy atom. The van der Waals surface area contributed by atoms with Crippen LogP contribution >= 0.6 is 0 Å². The highest BCUT2D eigenvalue weighted by Crippen LogP contribution is 2.27. The summed E-state index contributed by atoms with van der Waals surface area (Å²) < 4.78 is 5.75. The number of rotatable bonds is 8. The molecule has 0 unspecified atom stereocenters. The molecule has 3 aromatic rings. The molecule has 0 radical (unpaired) electrons. The first-order chi connectivity index (χ1) is 15.1. The van der Waals surface area contributed by atoms with Crippen molar-refractivity contribution in [3.05, 3.63) is 102 Å². The quantitative estimate of drug-likeness (QED) is 0.564. The average molecular weight is 415 g/mol. The van der Waals surface area contributed by atoms with E-state index in [-0.39, 0.29) is 25.1 Å². The Balaban J connectivity index is 1.51. The van der Waals surface area contributed by atoms with Crippen LogP contribution in [-0.2, 0) is 17.6 Å². The minimum absolute atomic E-state index is 0.198. The summed E-state index contributed by atoms with van der Waals surface area (Å²) in [5.41, 5.74) is 2.15. The van der Waals surface area contributed by atoms with Crippen molar-refractivity contribution in [2.75, 3.05) is 13.2 Å². The highest BCUT2D eigenvalue weighted by atomic mass is 16.5. The van der Waals surface area contributed by atoms with Gasteiger partial charge in [-0.3, -0.25) is 9.69 Å². The number of nitrogens with one attached hydrogen (secondary N) is 1. The molecule has 0 atom stereocenters. The normalized spacial score (nSPS) is 15.1. The molecular formula is C26H26N2O3. The van der Waals surface area contributed by atoms with Gasteiger partial charge in [0.15, 0.2) is 0 Å². The summed E-state index contributed by atoms with van der Waals surface area (Å²) in [6.07, 6.45) is 0.866. The molecule has 1 saturated heterocycles. The van der Waals surface area contributed by atoms with Crippen molar-refractivity contribution in [3.8, 4) is 5.75 Å². The van der Waals surface area contributed by atoms with Gasteiger partial charge in [-0.15, -0.1) is 0 Å². The molecule has 0 bridgehead atoms. The lowest BCUT2D eigenvalue weighted by atomic mass is 9.84. The fraction of sp³-hybridized carbons (Fsp3) is 0.231. The van der Waals surface area contributed by atoms with Crippen LogP contribution < -0.4 is 10.1 Å². The van der Waals surface area contributed by atoms with Crippen molar-refractivity contribution in [2.24, 2.45) is 0 Å². The highest BCUT2D eigenvalue weighted by molar-refractivity contribution is 6.07. The van der Waals surface area contributed by atoms with Crippen LogP contribution in [-0.4, -0.2) is 35.5 Å². The van der Waals surface area contributed by atoms with Gasteiger partial charge in [0, 0.05) is 12.8 Å². The number of carbonyl (C=O) groups is 2. The smallest absolute Gasteiger partial charge is 0.325 e. The first-order valence-corrected chi connectivity index (χ1v) is 10.5. The maximum atomic E-state index is 13.5. The molecule has 158 valence electrons. The Bertz CT molecular complexity index is 992. The van der Waals surface area contributed by atoms with E-state index in [2.05, 4.69) is 5.32 Å². The molecule has 1 N–H and O–H groups in total. The Hall–Kier alpha value is -3.60. The van der Waals surface area contributed by atoms with Gasteiger partial charge in [-0.1, -0.05) is 78.4 Å². The molecule has 0 saturated carbocycles. The first kappa shape index (κ1) is 20.7. The van der Waals surface area contributed by atoms with Gasteiger partial charge in [0.25, 0.3) is 5.91 Å². The molecule has 31 heavy (non-hydrogen) atoms. The number of benzene rings is 3. The van der Waals surface area contributed by atoms with Crippen LogP contribution in [0.4, 0.5) is 4.79 Å². The molecule has 3 aromatic carbocycles. The van der Waals surface area contributed by atoms with Crippen molar-refractivity contribution < 1.29 is 14.3 Å². The SMILES string of the molecule is Cc1ccc(OCCN2C(=O)NC(Cc3ccccc3)(Cc3ccccc3)C2=O)cc1. The Morgan fingerprint density at radius 1 is 0.806 bits per heavy atom. The van der Waals surface area contributed by atoms with Gasteiger partial charge in [0.1, 0.15) is 17.9 Å². The zero-order valence-corrected chi connectivity index (χ0v) is 17.6. The third kappa shape index (κ3) is 4.77. The van der Waals surface area contributed by atoms with E-state index in [4.69, 9.17) is 4.74 Å². The summed E-state index contributed by atoms with van der Waals surface area (Å²) in [6, 6.07) is 26.9. The van der Waals surface area contributed by atoms with E-state index >= 15 is 0 Å². The number of hydrogen-bond donors (Lipinski definition) is 1. The molecule has 3 amide bonds. The van der Waals surface area contributed by atoms with Crippen LogP contribution in [0.3, 0.4) is 0 Å². The molecule has 1 aliphatic heterocycles. The van der Waals surface area contributed by atoms with E-state index in [1.165, 1.54) is 4.90 Å². The molecule has 0 aromatic heterocycles. The Morgan fingerprint density at radius 2 is 1.35 bits per heavy atom. The molecule has 5 nitrogen and oxygen atoms in total. The molecule has 0 aliphatic carbocycles. The van der Waals surface area contributed by atoms with E-state index < -0.39 is 5.54 Å². The van der Waals surface area contributed by atoms with Crippen LogP contribution in [0.25, 0.3) is 0 Å². The highest BCUT2D eigenvalue weighted by Gasteiger charge is 2.50. The maximum Gasteiger partial charge on any atom is 0.325 e. The number of nitrogens with zero attached hydrogens (tertiary/aromatic N) is 1. The first-order valence-electron chi connectivity index (χ1n) is 10.5. The van der Waals surface area contributed by atoms with Crippen LogP contribution in [0.2, 0.25) is 0 Å². The maximum absolute atomic E-state index is 13.5. The number of hydrogen-bond acceptors (Lipinski definition) is 3. The number of aryl methyl sites for hydroxylation is 1. The van der Waals surface area contributed by atoms with Crippen LogP contribution in [0, 0.1) is 6.92 Å². The van der Waals surface area contributed by atoms with Gasteiger partial charge >= 0.3 is 6.03 Å². The average Bonchev–Trinajstić information content (AvgIpc) is 3.00. The second-order valence-electron chi connectivity index (χ2n) is 7.96. The molecule has 4 rings (SSSR count). The largest absolute Gasteiger partial charge is 0.492 e. The topological polar surface area (TPSA) is 58.6 Å². The van der Waals surface area contributed by atoms with E-state index in [9.17, 15) is 9.59 Å². The lowest BCUT2D eigenvalue weighted by Crippen LogP contribution is -2.51. The summed E-state index contributed by atoms with van der Waals surface area (Å²) in [7, 11) is 0. The van der Waals surface area contributed by atoms with Crippen molar-refractivity contribution in [1.29, 1.82) is 0 Å². The molecular weight excluding hydrogens is 388 g/mol. The molecule has 0 spiro atoms. The third-order valence-electron chi connectivity index (χ3n) is 5.55. The van der Waals surface area contributed by atoms with Crippen molar-refractivity contribution in [1.82, 2.24) is 10.2 Å². The van der Waals surface area contributed by atoms with E-state index in [1.54, 1.807) is 0 Å². The summed E-state index contributed by atoms with van der Waals surface area (Å²) in [4.78, 5) is 27.6. The Kier molecular flexibility index (Phi) is 6.03. The van der Waals surface area contributed by atoms with Gasteiger partial charge in [-0.25, -0.2) is 4.79 Å². The van der Waals surface area contributed by atoms with Gasteiger partial charge in [0.2, 0.25) is 0 Å². The van der Waals surface area contributed by atoms with Crippen LogP contribution in [0.5, 0.6) is 5.75 Å². The third-order valence-corrected chi connectivity index (χ3v) is 5.55. The summed E-state index contributed by atoms with van der Waals surface area (Å²) in [6.45, 7) is 2.45. The standard InChI is InChI=1S/C26H26N2O3/c1-20-12-14-23(15-13-20)31-17-16-28-24(29)26(27-25(28)30,18-21-8-4-2-5-9-21)19-22-10-6-3-7-11-22/h2-15H,16-19H2,1H3,(H,27,30). The summed E-state index contributed by atoms with van der Waals surface area (Å²) >= 11 is 0. The van der Waals surface area contributed by atoms with Crippen molar-refractivity contribution in [3.63, 3.8) is 0 Å². The van der Waals surface area contributed by atoms with Crippen molar-refractivity contribution in [2.45, 2.75) is 25.3 Å². The molecule has 1 heterocycles. The van der Waals surface area contributed by atoms with Crippen LogP contribution in [0.1, 0.15) is 16.7 Å². The second kappa shape index (κ2) is 9.04. The summed E-state index contributed by atoms with van der Waals surface area (Å²) in [5, 5.41) is 3.00. The van der Waals surface area contributed by atoms with E-state index in [1.807, 2.05) is 91.9 Å². The molecule has 1 aliphatic rings. The zero-order valence-electron chi connectivity index (χ0n) is 17.6. The number of carbonyl (C=O) groups excluding carboxylic acids is 2. The number of imide groups is 1. The predicted molar refractivity (Wildman–Crippen MR) is 120 cm³/mol. The van der Waals surface area contributed by atoms with Gasteiger partial charge in [-0.05, 0) is 30.2 Å². The van der Waals surface area contributed by atoms with E-state index in [0.717, 1.165) is 22.4 Å². The zero-order chi connectivity index (χ0) is 21.7. The lowest BCUT2D eigenvalue weighted by Gasteiger charge is -2.27. The minimum atomic E-state index is -1.01. The summed E-state index contributed by atoms with van der Waals surface area (Å²) in [5.74, 6) is 0.509. The minimum Gasteiger partial charge on any atom is -0.492 e. The van der Waals surface area contributed by atoms with Crippen molar-refractivity contribution >= 4 is 11.9 Å². The number of ether oxygens (including phenoxy) is 1. The van der Waals surface area contributed by atoms with Gasteiger partial charge in [-0.2, -0.15) is 0 Å². The number of urea groups is 1. The Labute approximate surface area is 182 Å². The lowest BCUT2D eigenvalue weighted by molar-refractivity contribution is -0.131. The van der Waals surface area contributed by atoms with Gasteiger partial charge < -0.3 is 10.1 Å². The second-order valence-corrected chi connectivity index (χ2v) is 7.96. The van der Waals surface area contributed by atoms with Crippen LogP contribution in [0.15, 0.2) is 84.9 Å². The fourth-order valence-corrected chi connectivity index (χ4v) is 3.96. The van der Waals surface area contributed by atoms with Gasteiger partial charge in [0.05, 0.1) is 6.54 Å². The fourth-order valence-electron chi connectivity index (χ4n) is 3.96. The van der Waals surface area contributed by atoms with E-state index in [0.29, 0.717) is 12.8 Å². The predicted octanol–water partition coefficient (Wildman–Crippen LogP) is 4.15.